The molecule has 0 saturated carbocycles. The molecule has 0 bridgehead atoms. The lowest BCUT2D eigenvalue weighted by Gasteiger charge is -2.12. The van der Waals surface area contributed by atoms with E-state index in [9.17, 15) is 40.2 Å². The second-order valence-electron chi connectivity index (χ2n) is 9.31. The number of rotatable bonds is 10. The summed E-state index contributed by atoms with van der Waals surface area (Å²) in [5, 5.41) is 66.2. The minimum Gasteiger partial charge on any atom is -0.508 e. The van der Waals surface area contributed by atoms with E-state index in [1.807, 2.05) is 0 Å². The highest BCUT2D eigenvalue weighted by Gasteiger charge is 2.19. The molecule has 0 aromatic heterocycles. The van der Waals surface area contributed by atoms with Crippen LogP contribution in [-0.4, -0.2) is 53.9 Å². The van der Waals surface area contributed by atoms with Crippen molar-refractivity contribution >= 4 is 11.6 Å². The lowest BCUT2D eigenvalue weighted by molar-refractivity contribution is 0.0968. The zero-order chi connectivity index (χ0) is 30.8. The van der Waals surface area contributed by atoms with Crippen LogP contribution in [0.5, 0.6) is 46.0 Å². The number of aryl methyl sites for hydroxylation is 2. The summed E-state index contributed by atoms with van der Waals surface area (Å²) in [7, 11) is 0. The van der Waals surface area contributed by atoms with E-state index in [1.54, 1.807) is 43.3 Å². The Morgan fingerprint density at radius 2 is 0.929 bits per heavy atom. The highest BCUT2D eigenvalue weighted by Crippen LogP contribution is 2.35. The van der Waals surface area contributed by atoms with E-state index in [0.29, 0.717) is 19.4 Å². The fourth-order valence-corrected chi connectivity index (χ4v) is 4.11. The molecule has 0 spiro atoms. The van der Waals surface area contributed by atoms with Crippen LogP contribution in [0.4, 0.5) is 0 Å². The maximum absolute atomic E-state index is 12.3. The van der Waals surface area contributed by atoms with Crippen molar-refractivity contribution in [1.29, 1.82) is 0 Å². The number of aromatic hydroxyl groups is 7. The first-order valence-electron chi connectivity index (χ1n) is 13.0. The van der Waals surface area contributed by atoms with Crippen molar-refractivity contribution in [3.63, 3.8) is 0 Å². The van der Waals surface area contributed by atoms with E-state index in [0.717, 1.165) is 29.3 Å². The van der Waals surface area contributed by atoms with Crippen molar-refractivity contribution in [3.8, 4) is 46.0 Å². The van der Waals surface area contributed by atoms with Crippen molar-refractivity contribution in [2.75, 3.05) is 6.61 Å². The number of phenols is 7. The van der Waals surface area contributed by atoms with Crippen LogP contribution < -0.4 is 4.74 Å². The summed E-state index contributed by atoms with van der Waals surface area (Å²) in [4.78, 5) is 24.3. The number of benzene rings is 4. The van der Waals surface area contributed by atoms with Gasteiger partial charge < -0.3 is 40.5 Å². The third kappa shape index (κ3) is 8.56. The van der Waals surface area contributed by atoms with E-state index in [1.165, 1.54) is 18.2 Å². The van der Waals surface area contributed by atoms with Crippen molar-refractivity contribution < 1.29 is 50.1 Å². The lowest BCUT2D eigenvalue weighted by atomic mass is 10.0. The molecule has 0 aliphatic carbocycles. The molecule has 42 heavy (non-hydrogen) atoms. The quantitative estimate of drug-likeness (QED) is 0.122. The molecule has 10 nitrogen and oxygen atoms in total. The molecule has 10 heteroatoms. The van der Waals surface area contributed by atoms with Crippen LogP contribution in [0.3, 0.4) is 0 Å². The minimum atomic E-state index is -0.446. The molecule has 0 aliphatic rings. The van der Waals surface area contributed by atoms with E-state index < -0.39 is 17.3 Å². The van der Waals surface area contributed by atoms with Gasteiger partial charge in [0.25, 0.3) is 0 Å². The Labute approximate surface area is 242 Å². The van der Waals surface area contributed by atoms with Gasteiger partial charge in [0.2, 0.25) is 0 Å². The molecule has 0 atom stereocenters. The zero-order valence-electron chi connectivity index (χ0n) is 22.8. The summed E-state index contributed by atoms with van der Waals surface area (Å²) in [6, 6.07) is 17.5. The largest absolute Gasteiger partial charge is 0.508 e. The topological polar surface area (TPSA) is 185 Å². The molecule has 0 radical (unpaired) electrons. The standard InChI is InChI=1S/C17H18O5.C15H14O5/c1-2-22-16-10-13(19)9-15(21)17(16)14(20)8-5-11-3-6-12(18)7-4-11;16-10-4-1-9(2-5-10)3-6-12(18)15-13(19)7-11(17)8-14(15)20/h3-4,6-7,9-10,18-19,21H,2,5,8H2,1H3;1-2,4-5,7-8,16-17,19-20H,3,6H2. The number of ketones is 2. The number of ether oxygens (including phenoxy) is 1. The smallest absolute Gasteiger partial charge is 0.170 e. The van der Waals surface area contributed by atoms with Gasteiger partial charge in [-0.15, -0.1) is 0 Å². The summed E-state index contributed by atoms with van der Waals surface area (Å²) in [5.74, 6) is -1.85. The summed E-state index contributed by atoms with van der Waals surface area (Å²) in [5.41, 5.74) is 1.65. The van der Waals surface area contributed by atoms with Crippen LogP contribution in [-0.2, 0) is 12.8 Å². The molecule has 0 saturated heterocycles. The summed E-state index contributed by atoms with van der Waals surface area (Å²) >= 11 is 0. The molecule has 220 valence electrons. The highest BCUT2D eigenvalue weighted by atomic mass is 16.5. The fourth-order valence-electron chi connectivity index (χ4n) is 4.11. The molecular weight excluding hydrogens is 544 g/mol. The van der Waals surface area contributed by atoms with Gasteiger partial charge in [-0.2, -0.15) is 0 Å². The minimum absolute atomic E-state index is 0.0819. The van der Waals surface area contributed by atoms with Gasteiger partial charge in [0.05, 0.1) is 6.61 Å². The van der Waals surface area contributed by atoms with Gasteiger partial charge in [-0.25, -0.2) is 0 Å². The predicted molar refractivity (Wildman–Crippen MR) is 154 cm³/mol. The van der Waals surface area contributed by atoms with Crippen LogP contribution in [0.15, 0.2) is 72.8 Å². The average molecular weight is 577 g/mol. The first-order chi connectivity index (χ1) is 20.0. The average Bonchev–Trinajstić information content (AvgIpc) is 2.92. The number of Topliss-reactive ketones (excluding diaryl/α,β-unsaturated/α-hetero) is 2. The van der Waals surface area contributed by atoms with E-state index >= 15 is 0 Å². The molecule has 0 aliphatic heterocycles. The van der Waals surface area contributed by atoms with Crippen LogP contribution >= 0.6 is 0 Å². The number of hydrogen-bond donors (Lipinski definition) is 7. The van der Waals surface area contributed by atoms with Gasteiger partial charge >= 0.3 is 0 Å². The Bertz CT molecular complexity index is 1500. The van der Waals surface area contributed by atoms with Gasteiger partial charge in [0.1, 0.15) is 57.1 Å². The number of phenolic OH excluding ortho intramolecular Hbond substituents is 7. The molecule has 4 rings (SSSR count). The van der Waals surface area contributed by atoms with Gasteiger partial charge in [0, 0.05) is 37.1 Å². The summed E-state index contributed by atoms with van der Waals surface area (Å²) in [6.45, 7) is 2.08. The van der Waals surface area contributed by atoms with Gasteiger partial charge in [-0.3, -0.25) is 9.59 Å². The SMILES string of the molecule is CCOc1cc(O)cc(O)c1C(=O)CCc1ccc(O)cc1.O=C(CCc1ccc(O)cc1)c1c(O)cc(O)cc1O. The predicted octanol–water partition coefficient (Wildman–Crippen LogP) is 5.34. The van der Waals surface area contributed by atoms with Crippen molar-refractivity contribution in [3.05, 3.63) is 95.1 Å². The van der Waals surface area contributed by atoms with Gasteiger partial charge in [-0.1, -0.05) is 24.3 Å². The van der Waals surface area contributed by atoms with Crippen molar-refractivity contribution in [1.82, 2.24) is 0 Å². The first kappa shape index (κ1) is 31.2. The normalized spacial score (nSPS) is 10.4. The Hall–Kier alpha value is -5.38. The molecule has 7 N–H and O–H groups in total. The molecule has 4 aromatic rings. The Balaban J connectivity index is 0.000000231. The third-order valence-corrected chi connectivity index (χ3v) is 6.16. The second kappa shape index (κ2) is 14.3. The number of carbonyl (C=O) groups is 2. The molecular formula is C32H32O10. The molecule has 0 amide bonds. The third-order valence-electron chi connectivity index (χ3n) is 6.16. The zero-order valence-corrected chi connectivity index (χ0v) is 22.8. The Morgan fingerprint density at radius 3 is 1.36 bits per heavy atom. The van der Waals surface area contributed by atoms with Crippen molar-refractivity contribution in [2.24, 2.45) is 0 Å². The summed E-state index contributed by atoms with van der Waals surface area (Å²) in [6.07, 6.45) is 1.17. The second-order valence-corrected chi connectivity index (χ2v) is 9.31. The van der Waals surface area contributed by atoms with Gasteiger partial charge in [0.15, 0.2) is 11.6 Å². The monoisotopic (exact) mass is 576 g/mol. The first-order valence-corrected chi connectivity index (χ1v) is 13.0. The molecule has 0 unspecified atom stereocenters. The van der Waals surface area contributed by atoms with E-state index in [4.69, 9.17) is 9.84 Å². The van der Waals surface area contributed by atoms with E-state index in [-0.39, 0.29) is 64.2 Å². The Kier molecular flexibility index (Phi) is 10.6. The van der Waals surface area contributed by atoms with E-state index in [2.05, 4.69) is 0 Å². The van der Waals surface area contributed by atoms with Gasteiger partial charge in [-0.05, 0) is 55.2 Å². The molecule has 0 heterocycles. The molecule has 0 fully saturated rings. The maximum Gasteiger partial charge on any atom is 0.170 e. The molecule has 4 aromatic carbocycles. The van der Waals surface area contributed by atoms with Crippen LogP contribution in [0.25, 0.3) is 0 Å². The van der Waals surface area contributed by atoms with Crippen molar-refractivity contribution in [2.45, 2.75) is 32.6 Å². The van der Waals surface area contributed by atoms with Crippen LogP contribution in [0, 0.1) is 0 Å². The maximum atomic E-state index is 12.3. The summed E-state index contributed by atoms with van der Waals surface area (Å²) < 4.78 is 5.31. The fraction of sp³-hybridized carbons (Fsp3) is 0.188. The highest BCUT2D eigenvalue weighted by molar-refractivity contribution is 6.02. The van der Waals surface area contributed by atoms with Crippen LogP contribution in [0.2, 0.25) is 0 Å². The number of hydrogen-bond acceptors (Lipinski definition) is 10. The number of carbonyl (C=O) groups excluding carboxylic acids is 2. The lowest BCUT2D eigenvalue weighted by Crippen LogP contribution is -2.06. The Morgan fingerprint density at radius 1 is 0.548 bits per heavy atom. The van der Waals surface area contributed by atoms with Crippen LogP contribution in [0.1, 0.15) is 51.6 Å².